The number of likely N-dealkylation sites (tertiary alicyclic amines) is 1. The molecule has 24 heavy (non-hydrogen) atoms. The van der Waals surface area contributed by atoms with Crippen LogP contribution in [0.4, 0.5) is 9.52 Å². The van der Waals surface area contributed by atoms with Gasteiger partial charge in [0.25, 0.3) is 0 Å². The fraction of sp³-hybridized carbons (Fsp3) is 0.353. The minimum Gasteiger partial charge on any atom is -0.338 e. The first-order valence-corrected chi connectivity index (χ1v) is 8.52. The van der Waals surface area contributed by atoms with E-state index in [9.17, 15) is 14.0 Å². The predicted molar refractivity (Wildman–Crippen MR) is 90.1 cm³/mol. The average Bonchev–Trinajstić information content (AvgIpc) is 2.95. The number of nitrogens with one attached hydrogen (secondary N) is 1. The minimum absolute atomic E-state index is 0.0857. The number of thiazole rings is 1. The Labute approximate surface area is 143 Å². The smallest absolute Gasteiger partial charge is 0.231 e. The number of aromatic nitrogens is 1. The summed E-state index contributed by atoms with van der Waals surface area (Å²) in [7, 11) is 1.62. The number of piperidine rings is 1. The maximum Gasteiger partial charge on any atom is 0.231 e. The topological polar surface area (TPSA) is 62.3 Å². The summed E-state index contributed by atoms with van der Waals surface area (Å²) >= 11 is 1.38. The van der Waals surface area contributed by atoms with Gasteiger partial charge in [0.05, 0.1) is 12.0 Å². The Kier molecular flexibility index (Phi) is 4.62. The van der Waals surface area contributed by atoms with Gasteiger partial charge in [-0.05, 0) is 19.4 Å². The second-order valence-electron chi connectivity index (χ2n) is 5.88. The fourth-order valence-electron chi connectivity index (χ4n) is 3.06. The van der Waals surface area contributed by atoms with E-state index in [4.69, 9.17) is 0 Å². The van der Waals surface area contributed by atoms with E-state index in [1.807, 2.05) is 6.92 Å². The standard InChI is InChI=1S/C17H18FN3O2S/c1-10-9-19-17(24-10)20-16(23)12-7-8-14(22)21(2)15(12)11-5-3-4-6-13(11)18/h3-6,9,12,15H,7-8H2,1-2H3,(H,19,20,23)/t12-,15-/m1/s1. The van der Waals surface area contributed by atoms with Crippen LogP contribution in [-0.4, -0.2) is 28.7 Å². The van der Waals surface area contributed by atoms with Gasteiger partial charge in [-0.2, -0.15) is 0 Å². The zero-order valence-corrected chi connectivity index (χ0v) is 14.3. The largest absolute Gasteiger partial charge is 0.338 e. The average molecular weight is 347 g/mol. The molecule has 1 saturated heterocycles. The summed E-state index contributed by atoms with van der Waals surface area (Å²) in [6.07, 6.45) is 2.35. The molecule has 0 spiro atoms. The molecule has 0 bridgehead atoms. The van der Waals surface area contributed by atoms with Gasteiger partial charge in [-0.1, -0.05) is 18.2 Å². The van der Waals surface area contributed by atoms with Crippen LogP contribution in [0.15, 0.2) is 30.5 Å². The van der Waals surface area contributed by atoms with Gasteiger partial charge in [0.1, 0.15) is 5.82 Å². The molecule has 5 nitrogen and oxygen atoms in total. The van der Waals surface area contributed by atoms with Crippen LogP contribution in [0.3, 0.4) is 0 Å². The van der Waals surface area contributed by atoms with Crippen LogP contribution in [0.5, 0.6) is 0 Å². The minimum atomic E-state index is -0.617. The van der Waals surface area contributed by atoms with E-state index >= 15 is 0 Å². The molecule has 2 amide bonds. The van der Waals surface area contributed by atoms with Gasteiger partial charge in [0.15, 0.2) is 5.13 Å². The van der Waals surface area contributed by atoms with Crippen LogP contribution in [0, 0.1) is 18.7 Å². The van der Waals surface area contributed by atoms with E-state index in [0.717, 1.165) is 4.88 Å². The summed E-state index contributed by atoms with van der Waals surface area (Å²) in [5.41, 5.74) is 0.364. The highest BCUT2D eigenvalue weighted by Gasteiger charge is 2.40. The molecule has 2 atom stereocenters. The van der Waals surface area contributed by atoms with E-state index < -0.39 is 17.8 Å². The third-order valence-corrected chi connectivity index (χ3v) is 5.10. The number of aryl methyl sites for hydroxylation is 1. The van der Waals surface area contributed by atoms with Crippen molar-refractivity contribution in [3.05, 3.63) is 46.7 Å². The molecule has 1 N–H and O–H groups in total. The Balaban J connectivity index is 1.90. The van der Waals surface area contributed by atoms with E-state index in [0.29, 0.717) is 17.1 Å². The second kappa shape index (κ2) is 6.68. The number of carbonyl (C=O) groups is 2. The molecule has 1 aliphatic heterocycles. The van der Waals surface area contributed by atoms with Crippen molar-refractivity contribution in [3.63, 3.8) is 0 Å². The Bertz CT molecular complexity index is 777. The number of hydrogen-bond acceptors (Lipinski definition) is 4. The maximum atomic E-state index is 14.3. The first-order valence-electron chi connectivity index (χ1n) is 7.70. The van der Waals surface area contributed by atoms with Gasteiger partial charge in [-0.15, -0.1) is 11.3 Å². The molecule has 2 heterocycles. The third kappa shape index (κ3) is 3.17. The Morgan fingerprint density at radius 3 is 2.83 bits per heavy atom. The molecular weight excluding hydrogens is 329 g/mol. The number of halogens is 1. The van der Waals surface area contributed by atoms with Gasteiger partial charge >= 0.3 is 0 Å². The molecule has 7 heteroatoms. The summed E-state index contributed by atoms with van der Waals surface area (Å²) in [6.45, 7) is 1.91. The normalized spacial score (nSPS) is 21.0. The van der Waals surface area contributed by atoms with E-state index in [2.05, 4.69) is 10.3 Å². The molecule has 1 aliphatic rings. The van der Waals surface area contributed by atoms with Crippen molar-refractivity contribution in [1.29, 1.82) is 0 Å². The fourth-order valence-corrected chi connectivity index (χ4v) is 3.73. The van der Waals surface area contributed by atoms with E-state index in [1.165, 1.54) is 22.3 Å². The molecule has 0 saturated carbocycles. The lowest BCUT2D eigenvalue weighted by Gasteiger charge is -2.38. The van der Waals surface area contributed by atoms with Crippen LogP contribution >= 0.6 is 11.3 Å². The van der Waals surface area contributed by atoms with Crippen LogP contribution in [0.1, 0.15) is 29.3 Å². The van der Waals surface area contributed by atoms with Gasteiger partial charge in [-0.25, -0.2) is 9.37 Å². The SMILES string of the molecule is Cc1cnc(NC(=O)[C@@H]2CCC(=O)N(C)[C@@H]2c2ccccc2F)s1. The van der Waals surface area contributed by atoms with Gasteiger partial charge < -0.3 is 10.2 Å². The summed E-state index contributed by atoms with van der Waals surface area (Å²) in [5, 5.41) is 3.31. The molecule has 3 rings (SSSR count). The van der Waals surface area contributed by atoms with Crippen molar-refractivity contribution in [1.82, 2.24) is 9.88 Å². The van der Waals surface area contributed by atoms with Gasteiger partial charge in [0, 0.05) is 30.1 Å². The van der Waals surface area contributed by atoms with Gasteiger partial charge in [-0.3, -0.25) is 9.59 Å². The Morgan fingerprint density at radius 2 is 2.17 bits per heavy atom. The second-order valence-corrected chi connectivity index (χ2v) is 7.12. The molecular formula is C17H18FN3O2S. The van der Waals surface area contributed by atoms with E-state index in [1.54, 1.807) is 31.4 Å². The third-order valence-electron chi connectivity index (χ3n) is 4.27. The highest BCUT2D eigenvalue weighted by molar-refractivity contribution is 7.15. The van der Waals surface area contributed by atoms with Gasteiger partial charge in [0.2, 0.25) is 11.8 Å². The Morgan fingerprint density at radius 1 is 1.42 bits per heavy atom. The van der Waals surface area contributed by atoms with Crippen LogP contribution in [-0.2, 0) is 9.59 Å². The quantitative estimate of drug-likeness (QED) is 0.928. The lowest BCUT2D eigenvalue weighted by Crippen LogP contribution is -2.44. The predicted octanol–water partition coefficient (Wildman–Crippen LogP) is 3.14. The summed E-state index contributed by atoms with van der Waals surface area (Å²) in [6, 6.07) is 5.67. The van der Waals surface area contributed by atoms with Crippen molar-refractivity contribution in [3.8, 4) is 0 Å². The lowest BCUT2D eigenvalue weighted by atomic mass is 9.84. The van der Waals surface area contributed by atoms with Crippen molar-refractivity contribution < 1.29 is 14.0 Å². The maximum absolute atomic E-state index is 14.3. The molecule has 1 aromatic heterocycles. The number of carbonyl (C=O) groups excluding carboxylic acids is 2. The molecule has 126 valence electrons. The highest BCUT2D eigenvalue weighted by atomic mass is 32.1. The summed E-state index contributed by atoms with van der Waals surface area (Å²) in [4.78, 5) is 31.4. The summed E-state index contributed by atoms with van der Waals surface area (Å²) < 4.78 is 14.3. The number of amides is 2. The van der Waals surface area contributed by atoms with Crippen molar-refractivity contribution in [2.24, 2.45) is 5.92 Å². The molecule has 0 unspecified atom stereocenters. The monoisotopic (exact) mass is 347 g/mol. The zero-order chi connectivity index (χ0) is 17.3. The number of benzene rings is 1. The van der Waals surface area contributed by atoms with Crippen molar-refractivity contribution in [2.75, 3.05) is 12.4 Å². The van der Waals surface area contributed by atoms with Crippen molar-refractivity contribution >= 4 is 28.3 Å². The van der Waals surface area contributed by atoms with Crippen LogP contribution < -0.4 is 5.32 Å². The first-order chi connectivity index (χ1) is 11.5. The first kappa shape index (κ1) is 16.6. The highest BCUT2D eigenvalue weighted by Crippen LogP contribution is 2.37. The number of rotatable bonds is 3. The number of anilines is 1. The molecule has 2 aromatic rings. The molecule has 1 aromatic carbocycles. The molecule has 0 radical (unpaired) electrons. The van der Waals surface area contributed by atoms with Crippen LogP contribution in [0.2, 0.25) is 0 Å². The van der Waals surface area contributed by atoms with E-state index in [-0.39, 0.29) is 18.2 Å². The number of hydrogen-bond donors (Lipinski definition) is 1. The molecule has 0 aliphatic carbocycles. The van der Waals surface area contributed by atoms with Crippen molar-refractivity contribution in [2.45, 2.75) is 25.8 Å². The molecule has 1 fully saturated rings. The lowest BCUT2D eigenvalue weighted by molar-refractivity contribution is -0.140. The zero-order valence-electron chi connectivity index (χ0n) is 13.5. The Hall–Kier alpha value is -2.28. The van der Waals surface area contributed by atoms with Crippen LogP contribution in [0.25, 0.3) is 0 Å². The number of nitrogens with zero attached hydrogens (tertiary/aromatic N) is 2. The summed E-state index contributed by atoms with van der Waals surface area (Å²) in [5.74, 6) is -1.25.